The number of thiophene rings is 1. The molecular weight excluding hydrogens is 350 g/mol. The molecule has 3 heterocycles. The van der Waals surface area contributed by atoms with Gasteiger partial charge in [-0.15, -0.1) is 11.3 Å². The van der Waals surface area contributed by atoms with Gasteiger partial charge in [0.1, 0.15) is 0 Å². The number of anilines is 3. The highest BCUT2D eigenvalue weighted by atomic mass is 32.1. The van der Waals surface area contributed by atoms with Gasteiger partial charge in [0, 0.05) is 12.7 Å². The van der Waals surface area contributed by atoms with Crippen molar-refractivity contribution in [3.05, 3.63) is 47.3 Å². The van der Waals surface area contributed by atoms with E-state index in [4.69, 9.17) is 10.3 Å². The Bertz CT molecular complexity index is 1040. The minimum Gasteiger partial charge on any atom is -0.368 e. The van der Waals surface area contributed by atoms with Crippen molar-refractivity contribution in [1.82, 2.24) is 25.1 Å². The lowest BCUT2D eigenvalue weighted by atomic mass is 10.3. The second-order valence-corrected chi connectivity index (χ2v) is 6.48. The zero-order chi connectivity index (χ0) is 18.1. The van der Waals surface area contributed by atoms with E-state index in [9.17, 15) is 0 Å². The molecule has 0 aliphatic heterocycles. The van der Waals surface area contributed by atoms with Gasteiger partial charge in [0.15, 0.2) is 0 Å². The molecule has 4 rings (SSSR count). The first-order chi connectivity index (χ1) is 12.6. The van der Waals surface area contributed by atoms with Crippen molar-refractivity contribution in [3.8, 4) is 22.4 Å². The number of benzene rings is 1. The van der Waals surface area contributed by atoms with E-state index < -0.39 is 0 Å². The molecule has 0 aliphatic carbocycles. The van der Waals surface area contributed by atoms with Crippen LogP contribution in [0, 0.1) is 6.92 Å². The summed E-state index contributed by atoms with van der Waals surface area (Å²) in [5, 5.41) is 5.97. The lowest BCUT2D eigenvalue weighted by Crippen LogP contribution is -2.15. The van der Waals surface area contributed by atoms with Gasteiger partial charge in [-0.1, -0.05) is 23.4 Å². The second kappa shape index (κ2) is 6.52. The van der Waals surface area contributed by atoms with E-state index in [1.165, 1.54) is 11.3 Å². The predicted molar refractivity (Wildman–Crippen MR) is 100 cm³/mol. The van der Waals surface area contributed by atoms with Crippen molar-refractivity contribution in [3.63, 3.8) is 0 Å². The Labute approximate surface area is 153 Å². The average Bonchev–Trinajstić information content (AvgIpc) is 3.30. The summed E-state index contributed by atoms with van der Waals surface area (Å²) in [6.45, 7) is 1.99. The summed E-state index contributed by atoms with van der Waals surface area (Å²) in [4.78, 5) is 19.9. The standard InChI is InChI=1S/C17H15N7OS/c1-10-8-9-26-12(10)15-19-14(23-25-15)13-20-16(18)22-17(21-13)24(2)11-6-4-3-5-7-11/h3-9H,1-2H3,(H2,18,20,21,22). The number of nitrogens with zero attached hydrogens (tertiary/aromatic N) is 6. The molecule has 0 spiro atoms. The molecule has 0 saturated heterocycles. The zero-order valence-electron chi connectivity index (χ0n) is 14.1. The minimum atomic E-state index is 0.0893. The van der Waals surface area contributed by atoms with Gasteiger partial charge in [0.2, 0.25) is 23.5 Å². The van der Waals surface area contributed by atoms with Crippen LogP contribution in [0.2, 0.25) is 0 Å². The van der Waals surface area contributed by atoms with E-state index in [-0.39, 0.29) is 17.6 Å². The Morgan fingerprint density at radius 3 is 2.54 bits per heavy atom. The Balaban J connectivity index is 1.71. The monoisotopic (exact) mass is 365 g/mol. The molecule has 0 radical (unpaired) electrons. The summed E-state index contributed by atoms with van der Waals surface area (Å²) in [5.41, 5.74) is 7.86. The van der Waals surface area contributed by atoms with Crippen LogP contribution in [0.4, 0.5) is 17.6 Å². The van der Waals surface area contributed by atoms with Gasteiger partial charge < -0.3 is 15.2 Å². The van der Waals surface area contributed by atoms with E-state index in [2.05, 4.69) is 25.1 Å². The largest absolute Gasteiger partial charge is 0.368 e. The van der Waals surface area contributed by atoms with Crippen LogP contribution < -0.4 is 10.6 Å². The third kappa shape index (κ3) is 3.00. The number of rotatable bonds is 4. The molecule has 0 bridgehead atoms. The van der Waals surface area contributed by atoms with Crippen LogP contribution in [0.1, 0.15) is 5.56 Å². The summed E-state index contributed by atoms with van der Waals surface area (Å²) >= 11 is 1.54. The van der Waals surface area contributed by atoms with E-state index >= 15 is 0 Å². The normalized spacial score (nSPS) is 10.8. The van der Waals surface area contributed by atoms with Crippen LogP contribution in [-0.2, 0) is 0 Å². The van der Waals surface area contributed by atoms with Crippen molar-refractivity contribution in [2.75, 3.05) is 17.7 Å². The van der Waals surface area contributed by atoms with Crippen LogP contribution in [0.5, 0.6) is 0 Å². The molecule has 8 nitrogen and oxygen atoms in total. The van der Waals surface area contributed by atoms with E-state index in [0.717, 1.165) is 16.1 Å². The molecule has 3 aromatic heterocycles. The smallest absolute Gasteiger partial charge is 0.268 e. The van der Waals surface area contributed by atoms with Gasteiger partial charge in [-0.05, 0) is 36.1 Å². The fraction of sp³-hybridized carbons (Fsp3) is 0.118. The van der Waals surface area contributed by atoms with Crippen molar-refractivity contribution in [1.29, 1.82) is 0 Å². The van der Waals surface area contributed by atoms with Crippen LogP contribution in [0.25, 0.3) is 22.4 Å². The fourth-order valence-electron chi connectivity index (χ4n) is 2.40. The van der Waals surface area contributed by atoms with Crippen LogP contribution >= 0.6 is 11.3 Å². The third-order valence-corrected chi connectivity index (χ3v) is 4.77. The number of hydrogen-bond donors (Lipinski definition) is 1. The lowest BCUT2D eigenvalue weighted by molar-refractivity contribution is 0.432. The van der Waals surface area contributed by atoms with Gasteiger partial charge in [-0.25, -0.2) is 0 Å². The molecular formula is C17H15N7OS. The van der Waals surface area contributed by atoms with E-state index in [1.54, 1.807) is 0 Å². The lowest BCUT2D eigenvalue weighted by Gasteiger charge is -2.17. The first kappa shape index (κ1) is 16.2. The maximum absolute atomic E-state index is 5.87. The van der Waals surface area contributed by atoms with Crippen LogP contribution in [0.3, 0.4) is 0 Å². The summed E-state index contributed by atoms with van der Waals surface area (Å²) in [6.07, 6.45) is 0. The highest BCUT2D eigenvalue weighted by molar-refractivity contribution is 7.13. The SMILES string of the molecule is Cc1ccsc1-c1nc(-c2nc(N)nc(N(C)c3ccccc3)n2)no1. The minimum absolute atomic E-state index is 0.0893. The maximum Gasteiger partial charge on any atom is 0.268 e. The van der Waals surface area contributed by atoms with Crippen molar-refractivity contribution < 1.29 is 4.52 Å². The van der Waals surface area contributed by atoms with Crippen LogP contribution in [0.15, 0.2) is 46.3 Å². The van der Waals surface area contributed by atoms with Gasteiger partial charge in [-0.2, -0.15) is 19.9 Å². The predicted octanol–water partition coefficient (Wildman–Crippen LogP) is 3.31. The second-order valence-electron chi connectivity index (χ2n) is 5.57. The molecule has 0 aliphatic rings. The summed E-state index contributed by atoms with van der Waals surface area (Å²) in [5.74, 6) is 1.46. The first-order valence-corrected chi connectivity index (χ1v) is 8.68. The van der Waals surface area contributed by atoms with Gasteiger partial charge >= 0.3 is 0 Å². The number of aromatic nitrogens is 5. The van der Waals surface area contributed by atoms with E-state index in [0.29, 0.717) is 11.8 Å². The van der Waals surface area contributed by atoms with Crippen LogP contribution in [-0.4, -0.2) is 32.1 Å². The maximum atomic E-state index is 5.87. The average molecular weight is 365 g/mol. The van der Waals surface area contributed by atoms with Gasteiger partial charge in [0.25, 0.3) is 5.89 Å². The molecule has 1 aromatic carbocycles. The van der Waals surface area contributed by atoms with Crippen molar-refractivity contribution >= 4 is 28.9 Å². The molecule has 26 heavy (non-hydrogen) atoms. The molecule has 0 atom stereocenters. The highest BCUT2D eigenvalue weighted by Gasteiger charge is 2.18. The summed E-state index contributed by atoms with van der Waals surface area (Å²) < 4.78 is 5.36. The first-order valence-electron chi connectivity index (χ1n) is 7.80. The molecule has 0 unspecified atom stereocenters. The number of para-hydroxylation sites is 1. The molecule has 9 heteroatoms. The quantitative estimate of drug-likeness (QED) is 0.587. The molecule has 0 fully saturated rings. The molecule has 0 saturated carbocycles. The molecule has 130 valence electrons. The summed E-state index contributed by atoms with van der Waals surface area (Å²) in [7, 11) is 1.85. The number of aryl methyl sites for hydroxylation is 1. The van der Waals surface area contributed by atoms with Crippen molar-refractivity contribution in [2.45, 2.75) is 6.92 Å². The number of nitrogens with two attached hydrogens (primary N) is 1. The molecule has 0 amide bonds. The Kier molecular flexibility index (Phi) is 4.05. The Morgan fingerprint density at radius 2 is 1.81 bits per heavy atom. The van der Waals surface area contributed by atoms with E-state index in [1.807, 2.05) is 60.6 Å². The topological polar surface area (TPSA) is 107 Å². The van der Waals surface area contributed by atoms with Gasteiger partial charge in [-0.3, -0.25) is 0 Å². The Morgan fingerprint density at radius 1 is 1.00 bits per heavy atom. The number of nitrogen functional groups attached to an aromatic ring is 1. The molecule has 2 N–H and O–H groups in total. The highest BCUT2D eigenvalue weighted by Crippen LogP contribution is 2.29. The van der Waals surface area contributed by atoms with Crippen molar-refractivity contribution in [2.24, 2.45) is 0 Å². The van der Waals surface area contributed by atoms with Gasteiger partial charge in [0.05, 0.1) is 4.88 Å². The fourth-order valence-corrected chi connectivity index (χ4v) is 3.24. The Hall–Kier alpha value is -3.33. The number of hydrogen-bond acceptors (Lipinski definition) is 9. The third-order valence-electron chi connectivity index (χ3n) is 3.77. The zero-order valence-corrected chi connectivity index (χ0v) is 14.9. The molecule has 4 aromatic rings. The summed E-state index contributed by atoms with van der Waals surface area (Å²) in [6, 6.07) is 11.7.